The summed E-state index contributed by atoms with van der Waals surface area (Å²) in [5, 5.41) is 29.6. The number of benzene rings is 2. The number of hydrogen-bond donors (Lipinski definition) is 1. The highest BCUT2D eigenvalue weighted by Gasteiger charge is 2.21. The molecule has 0 saturated carbocycles. The van der Waals surface area contributed by atoms with Gasteiger partial charge >= 0.3 is 0 Å². The number of phenols is 1. The van der Waals surface area contributed by atoms with Crippen LogP contribution in [0.2, 0.25) is 0 Å². The van der Waals surface area contributed by atoms with Crippen molar-refractivity contribution in [3.8, 4) is 5.75 Å². The molecule has 0 heterocycles. The standard InChI is InChI=1S/C18H21N3O3/c1-11-6-7-14(16(10-11)21(23)24)19-20-15-9-12(2)8-13(17(15)22)18(3,4)5/h6-10,22H,1-5H3. The van der Waals surface area contributed by atoms with Crippen molar-refractivity contribution in [1.29, 1.82) is 0 Å². The lowest BCUT2D eigenvalue weighted by molar-refractivity contribution is -0.384. The van der Waals surface area contributed by atoms with Crippen molar-refractivity contribution in [2.75, 3.05) is 0 Å². The van der Waals surface area contributed by atoms with E-state index in [0.717, 1.165) is 16.7 Å². The third-order valence-corrected chi connectivity index (χ3v) is 3.64. The minimum atomic E-state index is -0.488. The topological polar surface area (TPSA) is 88.1 Å². The maximum atomic E-state index is 11.1. The van der Waals surface area contributed by atoms with E-state index in [0.29, 0.717) is 5.69 Å². The van der Waals surface area contributed by atoms with Gasteiger partial charge < -0.3 is 5.11 Å². The minimum absolute atomic E-state index is 0.0478. The molecule has 1 N–H and O–H groups in total. The number of nitro benzene ring substituents is 1. The predicted octanol–water partition coefficient (Wildman–Crippen LogP) is 5.63. The molecule has 0 saturated heterocycles. The molecule has 2 aromatic carbocycles. The molecule has 0 amide bonds. The molecule has 0 radical (unpaired) electrons. The Balaban J connectivity index is 2.51. The van der Waals surface area contributed by atoms with Crippen molar-refractivity contribution in [3.05, 3.63) is 57.1 Å². The van der Waals surface area contributed by atoms with Crippen LogP contribution >= 0.6 is 0 Å². The van der Waals surface area contributed by atoms with E-state index in [1.807, 2.05) is 33.8 Å². The summed E-state index contributed by atoms with van der Waals surface area (Å²) in [6, 6.07) is 8.34. The number of nitrogens with zero attached hydrogens (tertiary/aromatic N) is 3. The molecule has 24 heavy (non-hydrogen) atoms. The van der Waals surface area contributed by atoms with Crippen molar-refractivity contribution < 1.29 is 10.0 Å². The Hall–Kier alpha value is -2.76. The van der Waals surface area contributed by atoms with Gasteiger partial charge in [0.25, 0.3) is 5.69 Å². The molecule has 0 aliphatic rings. The van der Waals surface area contributed by atoms with Gasteiger partial charge in [-0.15, -0.1) is 10.2 Å². The SMILES string of the molecule is Cc1ccc(N=Nc2cc(C)cc(C(C)(C)C)c2O)c([N+](=O)[O-])c1. The number of azo groups is 1. The Labute approximate surface area is 141 Å². The summed E-state index contributed by atoms with van der Waals surface area (Å²) in [6.45, 7) is 9.66. The number of nitro groups is 1. The first-order valence-corrected chi connectivity index (χ1v) is 7.60. The summed E-state index contributed by atoms with van der Waals surface area (Å²) < 4.78 is 0. The number of aromatic hydroxyl groups is 1. The molecule has 0 aliphatic carbocycles. The van der Waals surface area contributed by atoms with Crippen LogP contribution in [0.4, 0.5) is 17.1 Å². The molecule has 0 aromatic heterocycles. The van der Waals surface area contributed by atoms with Gasteiger partial charge in [-0.1, -0.05) is 32.9 Å². The fourth-order valence-electron chi connectivity index (χ4n) is 2.38. The van der Waals surface area contributed by atoms with Gasteiger partial charge in [0.1, 0.15) is 11.4 Å². The second-order valence-electron chi connectivity index (χ2n) is 6.88. The van der Waals surface area contributed by atoms with Gasteiger partial charge in [0, 0.05) is 11.6 Å². The van der Waals surface area contributed by atoms with E-state index in [1.165, 1.54) is 6.07 Å². The van der Waals surface area contributed by atoms with E-state index < -0.39 is 4.92 Å². The molecule has 2 aromatic rings. The van der Waals surface area contributed by atoms with Gasteiger partial charge in [0.05, 0.1) is 4.92 Å². The van der Waals surface area contributed by atoms with Gasteiger partial charge in [0.2, 0.25) is 0 Å². The van der Waals surface area contributed by atoms with E-state index >= 15 is 0 Å². The average Bonchev–Trinajstić information content (AvgIpc) is 2.47. The molecule has 0 bridgehead atoms. The molecular formula is C18H21N3O3. The van der Waals surface area contributed by atoms with Crippen LogP contribution in [0.5, 0.6) is 5.75 Å². The third kappa shape index (κ3) is 3.76. The van der Waals surface area contributed by atoms with Crippen LogP contribution < -0.4 is 0 Å². The van der Waals surface area contributed by atoms with Gasteiger partial charge in [-0.05, 0) is 42.5 Å². The lowest BCUT2D eigenvalue weighted by Gasteiger charge is -2.21. The zero-order valence-corrected chi connectivity index (χ0v) is 14.5. The maximum Gasteiger partial charge on any atom is 0.296 e. The van der Waals surface area contributed by atoms with Crippen molar-refractivity contribution >= 4 is 17.1 Å². The molecule has 6 nitrogen and oxygen atoms in total. The largest absolute Gasteiger partial charge is 0.505 e. The number of aryl methyl sites for hydroxylation is 2. The van der Waals surface area contributed by atoms with Crippen LogP contribution in [-0.2, 0) is 5.41 Å². The smallest absolute Gasteiger partial charge is 0.296 e. The van der Waals surface area contributed by atoms with Gasteiger partial charge in [-0.3, -0.25) is 10.1 Å². The van der Waals surface area contributed by atoms with E-state index in [9.17, 15) is 15.2 Å². The molecule has 0 unspecified atom stereocenters. The van der Waals surface area contributed by atoms with Crippen LogP contribution in [0.1, 0.15) is 37.5 Å². The van der Waals surface area contributed by atoms with E-state index in [1.54, 1.807) is 25.1 Å². The Bertz CT molecular complexity index is 821. The summed E-state index contributed by atoms with van der Waals surface area (Å²) in [5.41, 5.74) is 2.56. The Kier molecular flexibility index (Phi) is 4.68. The maximum absolute atomic E-state index is 11.1. The van der Waals surface area contributed by atoms with Gasteiger partial charge in [0.15, 0.2) is 5.69 Å². The monoisotopic (exact) mass is 327 g/mol. The van der Waals surface area contributed by atoms with Gasteiger partial charge in [-0.2, -0.15) is 0 Å². The first kappa shape index (κ1) is 17.6. The van der Waals surface area contributed by atoms with Crippen LogP contribution in [0.25, 0.3) is 0 Å². The number of phenolic OH excluding ortho intramolecular Hbond substituents is 1. The lowest BCUT2D eigenvalue weighted by atomic mass is 9.85. The summed E-state index contributed by atoms with van der Waals surface area (Å²) in [5.74, 6) is 0.0478. The summed E-state index contributed by atoms with van der Waals surface area (Å²) >= 11 is 0. The minimum Gasteiger partial charge on any atom is -0.505 e. The summed E-state index contributed by atoms with van der Waals surface area (Å²) in [7, 11) is 0. The Morgan fingerprint density at radius 2 is 1.62 bits per heavy atom. The normalized spacial score (nSPS) is 11.9. The fourth-order valence-corrected chi connectivity index (χ4v) is 2.38. The lowest BCUT2D eigenvalue weighted by Crippen LogP contribution is -2.11. The second kappa shape index (κ2) is 6.39. The van der Waals surface area contributed by atoms with Crippen LogP contribution in [0.3, 0.4) is 0 Å². The quantitative estimate of drug-likeness (QED) is 0.450. The average molecular weight is 327 g/mol. The van der Waals surface area contributed by atoms with Crippen molar-refractivity contribution in [3.63, 3.8) is 0 Å². The Morgan fingerprint density at radius 3 is 2.21 bits per heavy atom. The van der Waals surface area contributed by atoms with Crippen molar-refractivity contribution in [2.24, 2.45) is 10.2 Å². The highest BCUT2D eigenvalue weighted by molar-refractivity contribution is 5.61. The Morgan fingerprint density at radius 1 is 1.00 bits per heavy atom. The zero-order chi connectivity index (χ0) is 18.1. The molecule has 0 spiro atoms. The molecule has 2 rings (SSSR count). The highest BCUT2D eigenvalue weighted by Crippen LogP contribution is 2.40. The summed E-state index contributed by atoms with van der Waals surface area (Å²) in [4.78, 5) is 10.7. The third-order valence-electron chi connectivity index (χ3n) is 3.64. The first-order chi connectivity index (χ1) is 11.1. The van der Waals surface area contributed by atoms with Crippen LogP contribution in [-0.4, -0.2) is 10.0 Å². The van der Waals surface area contributed by atoms with Crippen molar-refractivity contribution in [2.45, 2.75) is 40.0 Å². The molecule has 6 heteroatoms. The molecular weight excluding hydrogens is 306 g/mol. The molecule has 0 atom stereocenters. The molecule has 0 fully saturated rings. The predicted molar refractivity (Wildman–Crippen MR) is 93.6 cm³/mol. The number of rotatable bonds is 3. The van der Waals surface area contributed by atoms with Crippen LogP contribution in [0.15, 0.2) is 40.6 Å². The van der Waals surface area contributed by atoms with Gasteiger partial charge in [-0.25, -0.2) is 0 Å². The zero-order valence-electron chi connectivity index (χ0n) is 14.5. The molecule has 0 aliphatic heterocycles. The first-order valence-electron chi connectivity index (χ1n) is 7.60. The fraction of sp³-hybridized carbons (Fsp3) is 0.333. The summed E-state index contributed by atoms with van der Waals surface area (Å²) in [6.07, 6.45) is 0. The van der Waals surface area contributed by atoms with Crippen LogP contribution in [0, 0.1) is 24.0 Å². The van der Waals surface area contributed by atoms with E-state index in [-0.39, 0.29) is 22.5 Å². The second-order valence-corrected chi connectivity index (χ2v) is 6.88. The number of hydrogen-bond acceptors (Lipinski definition) is 5. The van der Waals surface area contributed by atoms with Crippen molar-refractivity contribution in [1.82, 2.24) is 0 Å². The van der Waals surface area contributed by atoms with E-state index in [4.69, 9.17) is 0 Å². The molecule has 126 valence electrons. The van der Waals surface area contributed by atoms with E-state index in [2.05, 4.69) is 10.2 Å². The highest BCUT2D eigenvalue weighted by atomic mass is 16.6.